The van der Waals surface area contributed by atoms with Gasteiger partial charge in [0.1, 0.15) is 5.75 Å². The lowest BCUT2D eigenvalue weighted by Crippen LogP contribution is -2.17. The molecule has 0 atom stereocenters. The lowest BCUT2D eigenvalue weighted by atomic mass is 10.2. The van der Waals surface area contributed by atoms with Crippen LogP contribution in [0.25, 0.3) is 0 Å². The lowest BCUT2D eigenvalue weighted by Gasteiger charge is -2.12. The van der Waals surface area contributed by atoms with Crippen LogP contribution >= 0.6 is 43.2 Å². The Morgan fingerprint density at radius 1 is 1.19 bits per heavy atom. The summed E-state index contributed by atoms with van der Waals surface area (Å²) in [7, 11) is 0. The fraction of sp³-hybridized carbons (Fsp3) is 0.286. The molecular formula is C14H13Br2F2NOS. The minimum absolute atomic E-state index is 0.208. The summed E-state index contributed by atoms with van der Waals surface area (Å²) in [5.41, 5.74) is 0.706. The van der Waals surface area contributed by atoms with Crippen molar-refractivity contribution in [2.45, 2.75) is 19.6 Å². The molecule has 21 heavy (non-hydrogen) atoms. The van der Waals surface area contributed by atoms with Crippen molar-refractivity contribution in [3.05, 3.63) is 49.0 Å². The molecule has 1 heterocycles. The fourth-order valence-corrected chi connectivity index (χ4v) is 3.71. The van der Waals surface area contributed by atoms with Crippen LogP contribution in [0.15, 0.2) is 38.6 Å². The first-order valence-corrected chi connectivity index (χ1v) is 8.63. The molecule has 1 N–H and O–H groups in total. The molecule has 0 spiro atoms. The highest BCUT2D eigenvalue weighted by Gasteiger charge is 2.10. The Balaban J connectivity index is 1.88. The van der Waals surface area contributed by atoms with Crippen molar-refractivity contribution in [3.8, 4) is 5.75 Å². The third-order valence-electron chi connectivity index (χ3n) is 2.73. The largest absolute Gasteiger partial charge is 0.434 e. The predicted molar refractivity (Wildman–Crippen MR) is 88.2 cm³/mol. The van der Waals surface area contributed by atoms with Gasteiger partial charge in [0.05, 0.1) is 3.79 Å². The number of thiophene rings is 1. The summed E-state index contributed by atoms with van der Waals surface area (Å²) < 4.78 is 31.2. The zero-order chi connectivity index (χ0) is 15.2. The molecule has 0 aliphatic rings. The number of hydrogen-bond acceptors (Lipinski definition) is 3. The van der Waals surface area contributed by atoms with Gasteiger partial charge in [-0.3, -0.25) is 0 Å². The molecule has 2 rings (SSSR count). The highest BCUT2D eigenvalue weighted by molar-refractivity contribution is 9.11. The van der Waals surface area contributed by atoms with Crippen molar-refractivity contribution in [1.82, 2.24) is 5.32 Å². The SMILES string of the molecule is FC(F)Oc1ccc(Br)cc1CNCCc1ccc(Br)s1. The molecule has 0 aliphatic heterocycles. The third-order valence-corrected chi connectivity index (χ3v) is 4.91. The van der Waals surface area contributed by atoms with Gasteiger partial charge in [-0.05, 0) is 52.7 Å². The zero-order valence-electron chi connectivity index (χ0n) is 10.9. The number of benzene rings is 1. The Morgan fingerprint density at radius 2 is 2.00 bits per heavy atom. The number of hydrogen-bond donors (Lipinski definition) is 1. The molecule has 0 saturated carbocycles. The average Bonchev–Trinajstić information content (AvgIpc) is 2.83. The van der Waals surface area contributed by atoms with Gasteiger partial charge in [0.15, 0.2) is 0 Å². The van der Waals surface area contributed by atoms with Crippen LogP contribution in [0, 0.1) is 0 Å². The maximum atomic E-state index is 12.4. The summed E-state index contributed by atoms with van der Waals surface area (Å²) in [5.74, 6) is 0.208. The maximum absolute atomic E-state index is 12.4. The maximum Gasteiger partial charge on any atom is 0.387 e. The first kappa shape index (κ1) is 16.9. The zero-order valence-corrected chi connectivity index (χ0v) is 14.9. The van der Waals surface area contributed by atoms with E-state index >= 15 is 0 Å². The second-order valence-electron chi connectivity index (χ2n) is 4.26. The Kier molecular flexibility index (Phi) is 6.60. The van der Waals surface area contributed by atoms with Crippen LogP contribution in [-0.4, -0.2) is 13.2 Å². The third kappa shape index (κ3) is 5.65. The summed E-state index contributed by atoms with van der Waals surface area (Å²) >= 11 is 8.45. The minimum Gasteiger partial charge on any atom is -0.434 e. The molecule has 0 saturated heterocycles. The Hall–Kier alpha value is -0.500. The van der Waals surface area contributed by atoms with Gasteiger partial charge < -0.3 is 10.1 Å². The fourth-order valence-electron chi connectivity index (χ4n) is 1.82. The molecule has 0 fully saturated rings. The van der Waals surface area contributed by atoms with E-state index in [-0.39, 0.29) is 5.75 Å². The van der Waals surface area contributed by atoms with Crippen LogP contribution in [0.4, 0.5) is 8.78 Å². The molecule has 0 aliphatic carbocycles. The summed E-state index contributed by atoms with van der Waals surface area (Å²) in [6, 6.07) is 9.10. The van der Waals surface area contributed by atoms with E-state index in [2.05, 4.69) is 48.0 Å². The standard InChI is InChI=1S/C14H13Br2F2NOS/c15-10-1-3-12(20-14(17)18)9(7-10)8-19-6-5-11-2-4-13(16)21-11/h1-4,7,14,19H,5-6,8H2. The van der Waals surface area contributed by atoms with Crippen molar-refractivity contribution in [2.75, 3.05) is 6.54 Å². The first-order valence-electron chi connectivity index (χ1n) is 6.23. The van der Waals surface area contributed by atoms with Crippen molar-refractivity contribution in [1.29, 1.82) is 0 Å². The summed E-state index contributed by atoms with van der Waals surface area (Å²) in [6.45, 7) is -1.56. The second-order valence-corrected chi connectivity index (χ2v) is 7.73. The molecule has 0 radical (unpaired) electrons. The predicted octanol–water partition coefficient (Wildman–Crippen LogP) is 5.21. The minimum atomic E-state index is -2.81. The summed E-state index contributed by atoms with van der Waals surface area (Å²) in [6.07, 6.45) is 0.898. The highest BCUT2D eigenvalue weighted by Crippen LogP contribution is 2.25. The number of ether oxygens (including phenoxy) is 1. The van der Waals surface area contributed by atoms with Gasteiger partial charge in [-0.25, -0.2) is 0 Å². The van der Waals surface area contributed by atoms with Crippen LogP contribution in [0.3, 0.4) is 0 Å². The van der Waals surface area contributed by atoms with Gasteiger partial charge in [-0.15, -0.1) is 11.3 Å². The van der Waals surface area contributed by atoms with E-state index in [0.29, 0.717) is 12.1 Å². The number of rotatable bonds is 7. The Labute approximate surface area is 142 Å². The van der Waals surface area contributed by atoms with Crippen LogP contribution in [0.2, 0.25) is 0 Å². The number of halogens is 4. The van der Waals surface area contributed by atoms with E-state index in [1.807, 2.05) is 6.07 Å². The van der Waals surface area contributed by atoms with Gasteiger partial charge in [-0.1, -0.05) is 15.9 Å². The van der Waals surface area contributed by atoms with E-state index in [1.54, 1.807) is 29.5 Å². The van der Waals surface area contributed by atoms with E-state index in [0.717, 1.165) is 21.2 Å². The van der Waals surface area contributed by atoms with E-state index < -0.39 is 6.61 Å². The highest BCUT2D eigenvalue weighted by atomic mass is 79.9. The second kappa shape index (κ2) is 8.22. The Morgan fingerprint density at radius 3 is 2.67 bits per heavy atom. The topological polar surface area (TPSA) is 21.3 Å². The van der Waals surface area contributed by atoms with Crippen molar-refractivity contribution in [2.24, 2.45) is 0 Å². The van der Waals surface area contributed by atoms with Gasteiger partial charge in [-0.2, -0.15) is 8.78 Å². The summed E-state index contributed by atoms with van der Waals surface area (Å²) in [5, 5.41) is 3.25. The van der Waals surface area contributed by atoms with E-state index in [4.69, 9.17) is 0 Å². The molecular weight excluding hydrogens is 428 g/mol. The van der Waals surface area contributed by atoms with Crippen molar-refractivity contribution >= 4 is 43.2 Å². The van der Waals surface area contributed by atoms with Crippen LogP contribution in [0.5, 0.6) is 5.75 Å². The van der Waals surface area contributed by atoms with Gasteiger partial charge in [0, 0.05) is 28.0 Å². The molecule has 0 unspecified atom stereocenters. The van der Waals surface area contributed by atoms with Gasteiger partial charge in [0.2, 0.25) is 0 Å². The normalized spacial score (nSPS) is 11.1. The monoisotopic (exact) mass is 439 g/mol. The van der Waals surface area contributed by atoms with Gasteiger partial charge >= 0.3 is 6.61 Å². The quantitative estimate of drug-likeness (QED) is 0.597. The van der Waals surface area contributed by atoms with Crippen LogP contribution in [-0.2, 0) is 13.0 Å². The average molecular weight is 441 g/mol. The molecule has 114 valence electrons. The number of alkyl halides is 2. The van der Waals surface area contributed by atoms with Crippen molar-refractivity contribution < 1.29 is 13.5 Å². The first-order chi connectivity index (χ1) is 10.0. The number of nitrogens with one attached hydrogen (secondary N) is 1. The van der Waals surface area contributed by atoms with Crippen LogP contribution in [0.1, 0.15) is 10.4 Å². The van der Waals surface area contributed by atoms with Crippen LogP contribution < -0.4 is 10.1 Å². The van der Waals surface area contributed by atoms with E-state index in [9.17, 15) is 8.78 Å². The van der Waals surface area contributed by atoms with Gasteiger partial charge in [0.25, 0.3) is 0 Å². The molecule has 1 aromatic carbocycles. The lowest BCUT2D eigenvalue weighted by molar-refractivity contribution is -0.0505. The molecule has 0 amide bonds. The molecule has 2 nitrogen and oxygen atoms in total. The molecule has 7 heteroatoms. The molecule has 1 aromatic heterocycles. The smallest absolute Gasteiger partial charge is 0.387 e. The van der Waals surface area contributed by atoms with E-state index in [1.165, 1.54) is 4.88 Å². The Bertz CT molecular complexity index is 592. The summed E-state index contributed by atoms with van der Waals surface area (Å²) in [4.78, 5) is 1.27. The molecule has 2 aromatic rings. The van der Waals surface area contributed by atoms with Crippen molar-refractivity contribution in [3.63, 3.8) is 0 Å². The molecule has 0 bridgehead atoms.